The Kier molecular flexibility index (Phi) is 11.4. The molecule has 0 aromatic carbocycles. The molecule has 1 rings (SSSR count). The van der Waals surface area contributed by atoms with E-state index in [1.54, 1.807) is 27.7 Å². The van der Waals surface area contributed by atoms with Gasteiger partial charge in [-0.15, -0.1) is 0 Å². The smallest absolute Gasteiger partial charge is 0.405 e. The van der Waals surface area contributed by atoms with E-state index >= 15 is 0 Å². The lowest BCUT2D eigenvalue weighted by molar-refractivity contribution is -0.135. The summed E-state index contributed by atoms with van der Waals surface area (Å²) in [5, 5.41) is 14.1. The van der Waals surface area contributed by atoms with Crippen LogP contribution in [0, 0.1) is 5.92 Å². The van der Waals surface area contributed by atoms with Gasteiger partial charge in [-0.2, -0.15) is 0 Å². The molecule has 0 aromatic heterocycles. The summed E-state index contributed by atoms with van der Waals surface area (Å²) < 4.78 is 5.77. The molecule has 1 unspecified atom stereocenters. The molecule has 1 aliphatic rings. The third kappa shape index (κ3) is 11.3. The van der Waals surface area contributed by atoms with Crippen molar-refractivity contribution < 1.29 is 29.0 Å². The maximum Gasteiger partial charge on any atom is 0.405 e. The maximum absolute atomic E-state index is 13.0. The van der Waals surface area contributed by atoms with Crippen LogP contribution < -0.4 is 27.2 Å². The lowest BCUT2D eigenvalue weighted by Crippen LogP contribution is -2.59. The number of ether oxygens (including phenoxy) is 1. The van der Waals surface area contributed by atoms with Crippen LogP contribution >= 0.6 is 0 Å². The highest BCUT2D eigenvalue weighted by Crippen LogP contribution is 2.27. The van der Waals surface area contributed by atoms with Crippen LogP contribution in [0.3, 0.4) is 0 Å². The molecule has 11 heteroatoms. The molecule has 32 heavy (non-hydrogen) atoms. The Labute approximate surface area is 189 Å². The Morgan fingerprint density at radius 3 is 2.22 bits per heavy atom. The van der Waals surface area contributed by atoms with E-state index in [0.717, 1.165) is 32.1 Å². The van der Waals surface area contributed by atoms with Crippen LogP contribution in [-0.2, 0) is 19.1 Å². The minimum absolute atomic E-state index is 0.0478. The summed E-state index contributed by atoms with van der Waals surface area (Å²) in [5.74, 6) is -1.34. The van der Waals surface area contributed by atoms with Crippen molar-refractivity contribution in [1.29, 1.82) is 0 Å². The summed E-state index contributed by atoms with van der Waals surface area (Å²) in [6.45, 7) is 7.17. The molecule has 1 fully saturated rings. The highest BCUT2D eigenvalue weighted by Gasteiger charge is 2.34. The third-order valence-electron chi connectivity index (χ3n) is 5.21. The van der Waals surface area contributed by atoms with Gasteiger partial charge in [-0.3, -0.25) is 19.8 Å². The second kappa shape index (κ2) is 13.2. The van der Waals surface area contributed by atoms with Gasteiger partial charge in [0.15, 0.2) is 0 Å². The standard InChI is InChI=1S/C21H39N5O6/c1-13(32-21(2,3)4)17(25-20(30)31)19(29)24-15(12-14-8-6-5-7-9-14)18(28)26-23-11-10-16(22)27/h13-15,17,23,25H,5-12H2,1-4H3,(H2,22,27)(H,24,29)(H,26,28)(H,30,31)/t13-,15?,17+/m1/s1. The Morgan fingerprint density at radius 1 is 1.06 bits per heavy atom. The Morgan fingerprint density at radius 2 is 1.69 bits per heavy atom. The van der Waals surface area contributed by atoms with Gasteiger partial charge in [-0.25, -0.2) is 10.2 Å². The number of carbonyl (C=O) groups excluding carboxylic acids is 3. The van der Waals surface area contributed by atoms with Crippen molar-refractivity contribution >= 4 is 23.8 Å². The zero-order chi connectivity index (χ0) is 24.3. The molecule has 0 aromatic rings. The van der Waals surface area contributed by atoms with Crippen molar-refractivity contribution in [2.45, 2.75) is 96.4 Å². The van der Waals surface area contributed by atoms with Crippen LogP contribution in [0.4, 0.5) is 4.79 Å². The van der Waals surface area contributed by atoms with Gasteiger partial charge in [0.05, 0.1) is 11.7 Å². The molecular formula is C21H39N5O6. The molecule has 0 heterocycles. The predicted molar refractivity (Wildman–Crippen MR) is 118 cm³/mol. The highest BCUT2D eigenvalue weighted by molar-refractivity contribution is 5.91. The van der Waals surface area contributed by atoms with Gasteiger partial charge in [-0.05, 0) is 40.0 Å². The van der Waals surface area contributed by atoms with Crippen molar-refractivity contribution in [1.82, 2.24) is 21.5 Å². The van der Waals surface area contributed by atoms with Gasteiger partial charge >= 0.3 is 6.09 Å². The van der Waals surface area contributed by atoms with Crippen molar-refractivity contribution in [3.05, 3.63) is 0 Å². The van der Waals surface area contributed by atoms with Gasteiger partial charge in [0, 0.05) is 13.0 Å². The number of rotatable bonds is 12. The maximum atomic E-state index is 13.0. The fourth-order valence-corrected chi connectivity index (χ4v) is 3.83. The first kappa shape index (κ1) is 27.6. The van der Waals surface area contributed by atoms with E-state index in [9.17, 15) is 24.3 Å². The van der Waals surface area contributed by atoms with Crippen molar-refractivity contribution in [2.24, 2.45) is 11.7 Å². The summed E-state index contributed by atoms with van der Waals surface area (Å²) in [7, 11) is 0. The van der Waals surface area contributed by atoms with Crippen LogP contribution in [0.5, 0.6) is 0 Å². The van der Waals surface area contributed by atoms with Crippen LogP contribution in [0.15, 0.2) is 0 Å². The molecule has 0 radical (unpaired) electrons. The number of amides is 4. The molecule has 0 spiro atoms. The number of primary amides is 1. The monoisotopic (exact) mass is 457 g/mol. The number of carboxylic acid groups (broad SMARTS) is 1. The van der Waals surface area contributed by atoms with E-state index in [1.807, 2.05) is 0 Å². The fourth-order valence-electron chi connectivity index (χ4n) is 3.83. The van der Waals surface area contributed by atoms with Crippen LogP contribution in [0.2, 0.25) is 0 Å². The summed E-state index contributed by atoms with van der Waals surface area (Å²) in [6, 6.07) is -2.07. The van der Waals surface area contributed by atoms with Gasteiger partial charge in [-0.1, -0.05) is 32.1 Å². The molecule has 1 saturated carbocycles. The van der Waals surface area contributed by atoms with E-state index in [-0.39, 0.29) is 18.9 Å². The van der Waals surface area contributed by atoms with Crippen molar-refractivity contribution in [2.75, 3.05) is 6.54 Å². The normalized spacial score (nSPS) is 17.6. The summed E-state index contributed by atoms with van der Waals surface area (Å²) >= 11 is 0. The first-order valence-corrected chi connectivity index (χ1v) is 11.2. The lowest BCUT2D eigenvalue weighted by Gasteiger charge is -2.32. The molecule has 0 bridgehead atoms. The molecular weight excluding hydrogens is 418 g/mol. The molecule has 0 aliphatic heterocycles. The van der Waals surface area contributed by atoms with Gasteiger partial charge < -0.3 is 26.2 Å². The second-order valence-electron chi connectivity index (χ2n) is 9.30. The van der Waals surface area contributed by atoms with Crippen LogP contribution in [-0.4, -0.2) is 59.3 Å². The van der Waals surface area contributed by atoms with Crippen molar-refractivity contribution in [3.8, 4) is 0 Å². The minimum Gasteiger partial charge on any atom is -0.465 e. The van der Waals surface area contributed by atoms with Gasteiger partial charge in [0.2, 0.25) is 11.8 Å². The number of hydrazine groups is 1. The first-order chi connectivity index (χ1) is 14.9. The largest absolute Gasteiger partial charge is 0.465 e. The number of hydrogen-bond donors (Lipinski definition) is 6. The zero-order valence-corrected chi connectivity index (χ0v) is 19.5. The molecule has 4 amide bonds. The SMILES string of the molecule is C[C@@H](OC(C)(C)C)[C@H](NC(=O)O)C(=O)NC(CC1CCCCC1)C(=O)NNCCC(N)=O. The topological polar surface area (TPSA) is 172 Å². The Hall–Kier alpha value is -2.40. The number of hydrogen-bond acceptors (Lipinski definition) is 6. The highest BCUT2D eigenvalue weighted by atomic mass is 16.5. The number of nitrogens with two attached hydrogens (primary N) is 1. The summed E-state index contributed by atoms with van der Waals surface area (Å²) in [4.78, 5) is 47.9. The van der Waals surface area contributed by atoms with E-state index in [2.05, 4.69) is 21.5 Å². The fraction of sp³-hybridized carbons (Fsp3) is 0.810. The van der Waals surface area contributed by atoms with Crippen LogP contribution in [0.1, 0.15) is 72.6 Å². The molecule has 184 valence electrons. The molecule has 3 atom stereocenters. The van der Waals surface area contributed by atoms with E-state index in [1.165, 1.54) is 0 Å². The average molecular weight is 458 g/mol. The molecule has 1 aliphatic carbocycles. The number of nitrogens with one attached hydrogen (secondary N) is 4. The van der Waals surface area contributed by atoms with E-state index in [4.69, 9.17) is 10.5 Å². The zero-order valence-electron chi connectivity index (χ0n) is 19.5. The molecule has 7 N–H and O–H groups in total. The molecule has 0 saturated heterocycles. The second-order valence-corrected chi connectivity index (χ2v) is 9.30. The summed E-state index contributed by atoms with van der Waals surface area (Å²) in [5.41, 5.74) is 9.63. The summed E-state index contributed by atoms with van der Waals surface area (Å²) in [6.07, 6.45) is 3.59. The van der Waals surface area contributed by atoms with E-state index in [0.29, 0.717) is 6.42 Å². The Bertz CT molecular complexity index is 645. The van der Waals surface area contributed by atoms with E-state index < -0.39 is 47.6 Å². The number of carbonyl (C=O) groups is 4. The Balaban J connectivity index is 2.89. The first-order valence-electron chi connectivity index (χ1n) is 11.2. The van der Waals surface area contributed by atoms with Crippen LogP contribution in [0.25, 0.3) is 0 Å². The third-order valence-corrected chi connectivity index (χ3v) is 5.21. The van der Waals surface area contributed by atoms with Crippen molar-refractivity contribution in [3.63, 3.8) is 0 Å². The minimum atomic E-state index is -1.36. The lowest BCUT2D eigenvalue weighted by atomic mass is 9.84. The van der Waals surface area contributed by atoms with Gasteiger partial charge in [0.25, 0.3) is 5.91 Å². The molecule has 11 nitrogen and oxygen atoms in total. The van der Waals surface area contributed by atoms with Gasteiger partial charge in [0.1, 0.15) is 12.1 Å². The predicted octanol–water partition coefficient (Wildman–Crippen LogP) is 0.778. The average Bonchev–Trinajstić information content (AvgIpc) is 2.67. The quantitative estimate of drug-likeness (QED) is 0.185.